The summed E-state index contributed by atoms with van der Waals surface area (Å²) in [4.78, 5) is 11.8. The Hall–Kier alpha value is -2.56. The molecule has 0 saturated heterocycles. The Morgan fingerprint density at radius 1 is 1.06 bits per heavy atom. The molecule has 0 spiro atoms. The van der Waals surface area contributed by atoms with Gasteiger partial charge in [0.1, 0.15) is 5.82 Å². The maximum absolute atomic E-state index is 13.3. The molecule has 18 heavy (non-hydrogen) atoms. The molecule has 1 amide bonds. The lowest BCUT2D eigenvalue weighted by Crippen LogP contribution is -2.13. The second kappa shape index (κ2) is 4.75. The van der Waals surface area contributed by atoms with Gasteiger partial charge in [0, 0.05) is 11.6 Å². The van der Waals surface area contributed by atoms with Crippen molar-refractivity contribution in [2.45, 2.75) is 0 Å². The number of halogens is 1. The Kier molecular flexibility index (Phi) is 3.14. The van der Waals surface area contributed by atoms with Crippen LogP contribution in [0.1, 0.15) is 10.4 Å². The minimum Gasteiger partial charge on any atom is -0.397 e. The van der Waals surface area contributed by atoms with E-state index >= 15 is 0 Å². The van der Waals surface area contributed by atoms with E-state index in [1.807, 2.05) is 0 Å². The average molecular weight is 245 g/mol. The topological polar surface area (TPSA) is 81.1 Å². The van der Waals surface area contributed by atoms with Gasteiger partial charge in [0.2, 0.25) is 0 Å². The molecule has 0 unspecified atom stereocenters. The van der Waals surface area contributed by atoms with Crippen molar-refractivity contribution in [3.05, 3.63) is 53.8 Å². The lowest BCUT2D eigenvalue weighted by Gasteiger charge is -2.09. The Bertz CT molecular complexity index is 584. The molecule has 0 heterocycles. The van der Waals surface area contributed by atoms with Gasteiger partial charge in [-0.25, -0.2) is 4.39 Å². The van der Waals surface area contributed by atoms with Crippen LogP contribution in [-0.2, 0) is 0 Å². The van der Waals surface area contributed by atoms with E-state index in [2.05, 4.69) is 5.32 Å². The summed E-state index contributed by atoms with van der Waals surface area (Å²) >= 11 is 0. The molecule has 0 fully saturated rings. The summed E-state index contributed by atoms with van der Waals surface area (Å²) in [5.41, 5.74) is 11.9. The van der Waals surface area contributed by atoms with Crippen LogP contribution in [0.15, 0.2) is 42.5 Å². The van der Waals surface area contributed by atoms with Crippen LogP contribution in [0.5, 0.6) is 0 Å². The Morgan fingerprint density at radius 2 is 1.72 bits per heavy atom. The third-order valence-electron chi connectivity index (χ3n) is 2.45. The first-order chi connectivity index (χ1) is 8.58. The molecule has 2 aromatic rings. The lowest BCUT2D eigenvalue weighted by atomic mass is 10.2. The first-order valence-electron chi connectivity index (χ1n) is 5.29. The van der Waals surface area contributed by atoms with Crippen LogP contribution in [0.3, 0.4) is 0 Å². The fourth-order valence-electron chi connectivity index (χ4n) is 1.50. The van der Waals surface area contributed by atoms with Crippen LogP contribution in [0.25, 0.3) is 0 Å². The van der Waals surface area contributed by atoms with E-state index in [4.69, 9.17) is 11.5 Å². The molecule has 2 aromatic carbocycles. The van der Waals surface area contributed by atoms with E-state index < -0.39 is 5.82 Å². The summed E-state index contributed by atoms with van der Waals surface area (Å²) in [6.07, 6.45) is 0. The van der Waals surface area contributed by atoms with Crippen LogP contribution in [0, 0.1) is 5.82 Å². The zero-order valence-electron chi connectivity index (χ0n) is 9.48. The fraction of sp³-hybridized carbons (Fsp3) is 0. The Labute approximate surface area is 103 Å². The maximum atomic E-state index is 13.3. The van der Waals surface area contributed by atoms with Gasteiger partial charge in [-0.2, -0.15) is 0 Å². The number of nitrogens with one attached hydrogen (secondary N) is 1. The van der Waals surface area contributed by atoms with Crippen molar-refractivity contribution in [1.82, 2.24) is 0 Å². The molecule has 4 nitrogen and oxygen atoms in total. The molecule has 92 valence electrons. The third-order valence-corrected chi connectivity index (χ3v) is 2.45. The summed E-state index contributed by atoms with van der Waals surface area (Å²) in [5, 5.41) is 2.54. The number of nitrogen functional groups attached to an aromatic ring is 2. The fourth-order valence-corrected chi connectivity index (χ4v) is 1.50. The van der Waals surface area contributed by atoms with E-state index in [9.17, 15) is 9.18 Å². The van der Waals surface area contributed by atoms with Gasteiger partial charge in [-0.3, -0.25) is 4.79 Å². The number of carbonyl (C=O) groups excluding carboxylic acids is 1. The molecule has 5 heteroatoms. The predicted molar refractivity (Wildman–Crippen MR) is 69.6 cm³/mol. The standard InChI is InChI=1S/C13H12FN3O/c14-9-6-12(11(16)7-10(9)15)17-13(18)8-4-2-1-3-5-8/h1-7H,15-16H2,(H,17,18). The average Bonchev–Trinajstić information content (AvgIpc) is 2.37. The van der Waals surface area contributed by atoms with Crippen molar-refractivity contribution in [2.24, 2.45) is 0 Å². The SMILES string of the molecule is Nc1cc(N)c(NC(=O)c2ccccc2)cc1F. The summed E-state index contributed by atoms with van der Waals surface area (Å²) < 4.78 is 13.3. The van der Waals surface area contributed by atoms with Gasteiger partial charge in [0.15, 0.2) is 0 Å². The van der Waals surface area contributed by atoms with Gasteiger partial charge in [0.05, 0.1) is 17.1 Å². The largest absolute Gasteiger partial charge is 0.397 e. The number of hydrogen-bond donors (Lipinski definition) is 3. The first-order valence-corrected chi connectivity index (χ1v) is 5.29. The Morgan fingerprint density at radius 3 is 2.39 bits per heavy atom. The highest BCUT2D eigenvalue weighted by Gasteiger charge is 2.10. The van der Waals surface area contributed by atoms with Crippen molar-refractivity contribution in [1.29, 1.82) is 0 Å². The van der Waals surface area contributed by atoms with E-state index in [1.54, 1.807) is 30.3 Å². The van der Waals surface area contributed by atoms with Crippen LogP contribution >= 0.6 is 0 Å². The number of benzene rings is 2. The zero-order valence-corrected chi connectivity index (χ0v) is 9.48. The van der Waals surface area contributed by atoms with Crippen molar-refractivity contribution in [2.75, 3.05) is 16.8 Å². The van der Waals surface area contributed by atoms with E-state index in [-0.39, 0.29) is 23.0 Å². The second-order valence-corrected chi connectivity index (χ2v) is 3.78. The molecule has 5 N–H and O–H groups in total. The lowest BCUT2D eigenvalue weighted by molar-refractivity contribution is 0.102. The molecule has 0 aliphatic carbocycles. The number of carbonyl (C=O) groups is 1. The van der Waals surface area contributed by atoms with Crippen molar-refractivity contribution >= 4 is 23.0 Å². The molecule has 0 radical (unpaired) electrons. The van der Waals surface area contributed by atoms with Gasteiger partial charge < -0.3 is 16.8 Å². The molecular formula is C13H12FN3O. The summed E-state index contributed by atoms with van der Waals surface area (Å²) in [7, 11) is 0. The normalized spacial score (nSPS) is 10.1. The monoisotopic (exact) mass is 245 g/mol. The van der Waals surface area contributed by atoms with Gasteiger partial charge in [-0.15, -0.1) is 0 Å². The van der Waals surface area contributed by atoms with Gasteiger partial charge in [-0.1, -0.05) is 18.2 Å². The molecule has 0 saturated carbocycles. The van der Waals surface area contributed by atoms with Crippen LogP contribution in [0.2, 0.25) is 0 Å². The predicted octanol–water partition coefficient (Wildman–Crippen LogP) is 2.24. The molecular weight excluding hydrogens is 233 g/mol. The van der Waals surface area contributed by atoms with Gasteiger partial charge in [0.25, 0.3) is 5.91 Å². The molecule has 0 aliphatic heterocycles. The van der Waals surface area contributed by atoms with Crippen molar-refractivity contribution < 1.29 is 9.18 Å². The highest BCUT2D eigenvalue weighted by atomic mass is 19.1. The van der Waals surface area contributed by atoms with Crippen molar-refractivity contribution in [3.63, 3.8) is 0 Å². The summed E-state index contributed by atoms with van der Waals surface area (Å²) in [6, 6.07) is 11.0. The highest BCUT2D eigenvalue weighted by Crippen LogP contribution is 2.24. The molecule has 0 aliphatic rings. The number of amides is 1. The van der Waals surface area contributed by atoms with Crippen LogP contribution in [0.4, 0.5) is 21.5 Å². The van der Waals surface area contributed by atoms with E-state index in [0.717, 1.165) is 6.07 Å². The Balaban J connectivity index is 2.25. The van der Waals surface area contributed by atoms with Gasteiger partial charge >= 0.3 is 0 Å². The number of hydrogen-bond acceptors (Lipinski definition) is 3. The second-order valence-electron chi connectivity index (χ2n) is 3.78. The van der Waals surface area contributed by atoms with Crippen molar-refractivity contribution in [3.8, 4) is 0 Å². The number of nitrogens with two attached hydrogens (primary N) is 2. The van der Waals surface area contributed by atoms with Crippen LogP contribution < -0.4 is 16.8 Å². The minimum absolute atomic E-state index is 0.0507. The van der Waals surface area contributed by atoms with Gasteiger partial charge in [-0.05, 0) is 18.2 Å². The number of rotatable bonds is 2. The van der Waals surface area contributed by atoms with E-state index in [0.29, 0.717) is 5.56 Å². The molecule has 0 atom stereocenters. The smallest absolute Gasteiger partial charge is 0.255 e. The first kappa shape index (κ1) is 11.9. The third kappa shape index (κ3) is 2.40. The summed E-state index contributed by atoms with van der Waals surface area (Å²) in [6.45, 7) is 0. The number of anilines is 3. The molecule has 0 aromatic heterocycles. The maximum Gasteiger partial charge on any atom is 0.255 e. The zero-order chi connectivity index (χ0) is 13.1. The molecule has 0 bridgehead atoms. The molecule has 2 rings (SSSR count). The van der Waals surface area contributed by atoms with Crippen LogP contribution in [-0.4, -0.2) is 5.91 Å². The van der Waals surface area contributed by atoms with E-state index in [1.165, 1.54) is 6.07 Å². The highest BCUT2D eigenvalue weighted by molar-refractivity contribution is 6.05. The summed E-state index contributed by atoms with van der Waals surface area (Å²) in [5.74, 6) is -0.973. The quantitative estimate of drug-likeness (QED) is 0.710. The minimum atomic E-state index is -0.618.